The third-order valence-electron chi connectivity index (χ3n) is 4.68. The zero-order chi connectivity index (χ0) is 21.5. The van der Waals surface area contributed by atoms with Crippen molar-refractivity contribution in [1.82, 2.24) is 15.6 Å². The summed E-state index contributed by atoms with van der Waals surface area (Å²) in [5, 5.41) is 11.1. The van der Waals surface area contributed by atoms with Gasteiger partial charge >= 0.3 is 0 Å². The van der Waals surface area contributed by atoms with Crippen molar-refractivity contribution < 1.29 is 9.53 Å². The first kappa shape index (κ1) is 20.1. The van der Waals surface area contributed by atoms with Crippen LogP contribution in [0.1, 0.15) is 27.2 Å². The molecule has 0 atom stereocenters. The molecule has 0 spiro atoms. The second-order valence-corrected chi connectivity index (χ2v) is 7.05. The summed E-state index contributed by atoms with van der Waals surface area (Å²) in [6, 6.07) is 27.1. The zero-order valence-electron chi connectivity index (χ0n) is 17.1. The largest absolute Gasteiger partial charge is 0.488 e. The van der Waals surface area contributed by atoms with Gasteiger partial charge in [-0.3, -0.25) is 9.89 Å². The van der Waals surface area contributed by atoms with Crippen LogP contribution in [0.5, 0.6) is 5.75 Å². The van der Waals surface area contributed by atoms with Gasteiger partial charge in [0.15, 0.2) is 0 Å². The fourth-order valence-corrected chi connectivity index (χ4v) is 2.99. The van der Waals surface area contributed by atoms with E-state index in [-0.39, 0.29) is 5.91 Å². The van der Waals surface area contributed by atoms with E-state index in [4.69, 9.17) is 4.74 Å². The van der Waals surface area contributed by atoms with Gasteiger partial charge in [-0.15, -0.1) is 0 Å². The van der Waals surface area contributed by atoms with Crippen LogP contribution >= 0.6 is 0 Å². The molecule has 0 unspecified atom stereocenters. The predicted octanol–water partition coefficient (Wildman–Crippen LogP) is 4.73. The molecule has 6 heteroatoms. The average molecular weight is 410 g/mol. The van der Waals surface area contributed by atoms with E-state index in [1.165, 1.54) is 5.56 Å². The minimum absolute atomic E-state index is 0.314. The van der Waals surface area contributed by atoms with Crippen LogP contribution in [-0.2, 0) is 6.61 Å². The number of aromatic nitrogens is 2. The molecule has 0 bridgehead atoms. The van der Waals surface area contributed by atoms with Crippen LogP contribution in [0, 0.1) is 6.92 Å². The lowest BCUT2D eigenvalue weighted by molar-refractivity contribution is 0.0950. The number of carbonyl (C=O) groups is 1. The smallest absolute Gasteiger partial charge is 0.289 e. The number of hydrazone groups is 1. The van der Waals surface area contributed by atoms with Crippen molar-refractivity contribution >= 4 is 12.1 Å². The Morgan fingerprint density at radius 3 is 2.58 bits per heavy atom. The summed E-state index contributed by atoms with van der Waals surface area (Å²) in [5.41, 5.74) is 7.40. The maximum absolute atomic E-state index is 12.4. The number of nitrogens with one attached hydrogen (secondary N) is 2. The van der Waals surface area contributed by atoms with E-state index < -0.39 is 0 Å². The van der Waals surface area contributed by atoms with E-state index in [1.54, 1.807) is 12.3 Å². The molecular formula is C25H22N4O2. The van der Waals surface area contributed by atoms with Crippen molar-refractivity contribution in [2.75, 3.05) is 0 Å². The Bertz CT molecular complexity index is 1180. The Morgan fingerprint density at radius 1 is 1.03 bits per heavy atom. The number of hydrogen-bond donors (Lipinski definition) is 2. The van der Waals surface area contributed by atoms with Gasteiger partial charge in [-0.25, -0.2) is 5.43 Å². The standard InChI is InChI=1S/C25H22N4O2/c1-18-11-13-19(14-12-18)16-26-29-25(30)23-15-22(27-28-23)21-9-5-6-10-24(21)31-17-20-7-3-2-4-8-20/h2-16H,17H2,1H3,(H,27,28)(H,29,30)/b26-16-. The average Bonchev–Trinajstić information content (AvgIpc) is 3.30. The molecule has 4 rings (SSSR count). The highest BCUT2D eigenvalue weighted by molar-refractivity contribution is 5.94. The first-order valence-electron chi connectivity index (χ1n) is 9.90. The summed E-state index contributed by atoms with van der Waals surface area (Å²) in [5.74, 6) is 0.326. The lowest BCUT2D eigenvalue weighted by Crippen LogP contribution is -2.17. The molecule has 1 heterocycles. The number of carbonyl (C=O) groups excluding carboxylic acids is 1. The molecule has 1 aromatic heterocycles. The second kappa shape index (κ2) is 9.54. The lowest BCUT2D eigenvalue weighted by atomic mass is 10.1. The molecule has 0 fully saturated rings. The van der Waals surface area contributed by atoms with E-state index in [1.807, 2.05) is 85.8 Å². The Labute approximate surface area is 180 Å². The minimum Gasteiger partial charge on any atom is -0.488 e. The number of benzene rings is 3. The summed E-state index contributed by atoms with van der Waals surface area (Å²) in [7, 11) is 0. The fourth-order valence-electron chi connectivity index (χ4n) is 2.99. The number of nitrogens with zero attached hydrogens (tertiary/aromatic N) is 2. The number of para-hydroxylation sites is 1. The van der Waals surface area contributed by atoms with E-state index >= 15 is 0 Å². The van der Waals surface area contributed by atoms with E-state index in [0.717, 1.165) is 16.7 Å². The van der Waals surface area contributed by atoms with Crippen molar-refractivity contribution in [3.05, 3.63) is 107 Å². The predicted molar refractivity (Wildman–Crippen MR) is 121 cm³/mol. The maximum Gasteiger partial charge on any atom is 0.289 e. The maximum atomic E-state index is 12.4. The first-order chi connectivity index (χ1) is 15.2. The van der Waals surface area contributed by atoms with Crippen molar-refractivity contribution in [2.24, 2.45) is 5.10 Å². The zero-order valence-corrected chi connectivity index (χ0v) is 17.1. The SMILES string of the molecule is Cc1ccc(/C=N\NC(=O)c2cc(-c3ccccc3OCc3ccccc3)n[nH]2)cc1. The van der Waals surface area contributed by atoms with Gasteiger partial charge in [0.1, 0.15) is 18.1 Å². The van der Waals surface area contributed by atoms with Crippen molar-refractivity contribution in [2.45, 2.75) is 13.5 Å². The van der Waals surface area contributed by atoms with Crippen LogP contribution in [0.15, 0.2) is 90.0 Å². The van der Waals surface area contributed by atoms with Gasteiger partial charge < -0.3 is 4.74 Å². The quantitative estimate of drug-likeness (QED) is 0.342. The molecule has 154 valence electrons. The van der Waals surface area contributed by atoms with Crippen LogP contribution < -0.4 is 10.2 Å². The highest BCUT2D eigenvalue weighted by Crippen LogP contribution is 2.29. The van der Waals surface area contributed by atoms with Gasteiger partial charge in [-0.2, -0.15) is 10.2 Å². The van der Waals surface area contributed by atoms with E-state index in [0.29, 0.717) is 23.7 Å². The van der Waals surface area contributed by atoms with Crippen molar-refractivity contribution in [1.29, 1.82) is 0 Å². The van der Waals surface area contributed by atoms with Gasteiger partial charge in [-0.1, -0.05) is 72.3 Å². The normalized spacial score (nSPS) is 10.9. The number of ether oxygens (including phenoxy) is 1. The second-order valence-electron chi connectivity index (χ2n) is 7.05. The Morgan fingerprint density at radius 2 is 1.77 bits per heavy atom. The fraction of sp³-hybridized carbons (Fsp3) is 0.0800. The van der Waals surface area contributed by atoms with Gasteiger partial charge in [0.2, 0.25) is 0 Å². The lowest BCUT2D eigenvalue weighted by Gasteiger charge is -2.10. The molecule has 4 aromatic rings. The molecule has 31 heavy (non-hydrogen) atoms. The molecule has 3 aromatic carbocycles. The molecular weight excluding hydrogens is 388 g/mol. The molecule has 6 nitrogen and oxygen atoms in total. The molecule has 1 amide bonds. The van der Waals surface area contributed by atoms with Gasteiger partial charge in [0.25, 0.3) is 5.91 Å². The third-order valence-corrected chi connectivity index (χ3v) is 4.68. The Hall–Kier alpha value is -4.19. The topological polar surface area (TPSA) is 79.4 Å². The summed E-state index contributed by atoms with van der Waals surface area (Å²) in [6.45, 7) is 2.47. The number of aromatic amines is 1. The summed E-state index contributed by atoms with van der Waals surface area (Å²) >= 11 is 0. The van der Waals surface area contributed by atoms with E-state index in [9.17, 15) is 4.79 Å². The Kier molecular flexibility index (Phi) is 6.18. The van der Waals surface area contributed by atoms with Crippen LogP contribution in [0.25, 0.3) is 11.3 Å². The molecule has 0 aliphatic heterocycles. The molecule has 0 radical (unpaired) electrons. The third kappa shape index (κ3) is 5.25. The summed E-state index contributed by atoms with van der Waals surface area (Å²) in [6.07, 6.45) is 1.60. The monoisotopic (exact) mass is 410 g/mol. The van der Waals surface area contributed by atoms with Gasteiger partial charge in [0.05, 0.1) is 11.9 Å². The van der Waals surface area contributed by atoms with E-state index in [2.05, 4.69) is 20.7 Å². The van der Waals surface area contributed by atoms with Gasteiger partial charge in [-0.05, 0) is 36.2 Å². The number of rotatable bonds is 7. The van der Waals surface area contributed by atoms with Crippen LogP contribution in [0.4, 0.5) is 0 Å². The number of hydrogen-bond acceptors (Lipinski definition) is 4. The molecule has 0 saturated carbocycles. The van der Waals surface area contributed by atoms with Crippen molar-refractivity contribution in [3.63, 3.8) is 0 Å². The molecule has 0 saturated heterocycles. The van der Waals surface area contributed by atoms with Gasteiger partial charge in [0, 0.05) is 5.56 Å². The first-order valence-corrected chi connectivity index (χ1v) is 9.90. The highest BCUT2D eigenvalue weighted by atomic mass is 16.5. The van der Waals surface area contributed by atoms with Crippen LogP contribution in [-0.4, -0.2) is 22.3 Å². The minimum atomic E-state index is -0.371. The Balaban J connectivity index is 1.43. The molecule has 2 N–H and O–H groups in total. The molecule has 0 aliphatic rings. The van der Waals surface area contributed by atoms with Crippen LogP contribution in [0.2, 0.25) is 0 Å². The summed E-state index contributed by atoms with van der Waals surface area (Å²) in [4.78, 5) is 12.4. The number of amides is 1. The highest BCUT2D eigenvalue weighted by Gasteiger charge is 2.13. The van der Waals surface area contributed by atoms with Crippen LogP contribution in [0.3, 0.4) is 0 Å². The number of aryl methyl sites for hydroxylation is 1. The molecule has 0 aliphatic carbocycles. The summed E-state index contributed by atoms with van der Waals surface area (Å²) < 4.78 is 5.99. The van der Waals surface area contributed by atoms with Crippen molar-refractivity contribution in [3.8, 4) is 17.0 Å². The number of H-pyrrole nitrogens is 1.